The van der Waals surface area contributed by atoms with Crippen LogP contribution in [0.1, 0.15) is 15.9 Å². The number of carboxylic acid groups (broad SMARTS) is 1. The summed E-state index contributed by atoms with van der Waals surface area (Å²) in [5.41, 5.74) is 1.23. The average molecular weight is 374 g/mol. The highest BCUT2D eigenvalue weighted by atomic mass is 79.9. The number of Topliss-reactive ketones (excluding diaryl/α,β-unsaturated/α-hetero) is 1. The maximum absolute atomic E-state index is 12.3. The van der Waals surface area contributed by atoms with Gasteiger partial charge in [-0.1, -0.05) is 28.1 Å². The molecular formula is C17H10BrO5-. The van der Waals surface area contributed by atoms with Gasteiger partial charge >= 0.3 is 0 Å². The number of carbonyl (C=O) groups is 2. The van der Waals surface area contributed by atoms with Gasteiger partial charge in [0.2, 0.25) is 5.78 Å². The molecule has 0 N–H and O–H groups in total. The molecule has 0 aliphatic carbocycles. The first-order valence-corrected chi connectivity index (χ1v) is 7.49. The van der Waals surface area contributed by atoms with Gasteiger partial charge in [0.1, 0.15) is 18.1 Å². The number of ketones is 1. The number of fused-ring (bicyclic) bond motifs is 1. The van der Waals surface area contributed by atoms with Crippen molar-refractivity contribution in [1.29, 1.82) is 0 Å². The first-order valence-electron chi connectivity index (χ1n) is 6.69. The largest absolute Gasteiger partial charge is 0.546 e. The lowest BCUT2D eigenvalue weighted by Crippen LogP contribution is -2.28. The monoisotopic (exact) mass is 373 g/mol. The van der Waals surface area contributed by atoms with Gasteiger partial charge in [-0.25, -0.2) is 0 Å². The van der Waals surface area contributed by atoms with Crippen molar-refractivity contribution in [1.82, 2.24) is 0 Å². The Hall–Kier alpha value is -2.60. The van der Waals surface area contributed by atoms with Crippen LogP contribution in [0.2, 0.25) is 0 Å². The molecule has 1 aliphatic heterocycles. The summed E-state index contributed by atoms with van der Waals surface area (Å²) in [6.45, 7) is -0.562. The lowest BCUT2D eigenvalue weighted by molar-refractivity contribution is -0.307. The number of ether oxygens (including phenoxy) is 2. The van der Waals surface area contributed by atoms with E-state index in [1.807, 2.05) is 24.3 Å². The van der Waals surface area contributed by atoms with E-state index >= 15 is 0 Å². The van der Waals surface area contributed by atoms with Crippen LogP contribution in [0.3, 0.4) is 0 Å². The Morgan fingerprint density at radius 1 is 1.26 bits per heavy atom. The van der Waals surface area contributed by atoms with Crippen molar-refractivity contribution in [2.75, 3.05) is 6.61 Å². The van der Waals surface area contributed by atoms with Crippen molar-refractivity contribution in [2.24, 2.45) is 0 Å². The minimum Gasteiger partial charge on any atom is -0.546 e. The highest BCUT2D eigenvalue weighted by molar-refractivity contribution is 9.10. The lowest BCUT2D eigenvalue weighted by Gasteiger charge is -2.07. The molecule has 23 heavy (non-hydrogen) atoms. The fourth-order valence-electron chi connectivity index (χ4n) is 2.15. The molecule has 0 fully saturated rings. The molecule has 1 heterocycles. The van der Waals surface area contributed by atoms with Gasteiger partial charge in [0.25, 0.3) is 0 Å². The normalized spacial score (nSPS) is 14.5. The van der Waals surface area contributed by atoms with E-state index in [0.717, 1.165) is 10.0 Å². The Kier molecular flexibility index (Phi) is 4.16. The minimum absolute atomic E-state index is 0.204. The molecule has 2 aromatic rings. The Labute approximate surface area is 140 Å². The van der Waals surface area contributed by atoms with E-state index < -0.39 is 12.6 Å². The van der Waals surface area contributed by atoms with Crippen molar-refractivity contribution in [3.05, 3.63) is 63.8 Å². The summed E-state index contributed by atoms with van der Waals surface area (Å²) in [5.74, 6) is -0.712. The summed E-state index contributed by atoms with van der Waals surface area (Å²) in [6, 6.07) is 12.0. The van der Waals surface area contributed by atoms with Crippen LogP contribution in [0.15, 0.2) is 52.7 Å². The Balaban J connectivity index is 1.85. The second kappa shape index (κ2) is 6.26. The topological polar surface area (TPSA) is 75.7 Å². The van der Waals surface area contributed by atoms with Crippen LogP contribution in [0.4, 0.5) is 0 Å². The van der Waals surface area contributed by atoms with Crippen molar-refractivity contribution >= 4 is 33.8 Å². The van der Waals surface area contributed by atoms with Crippen LogP contribution in [0, 0.1) is 0 Å². The quantitative estimate of drug-likeness (QED) is 0.767. The third kappa shape index (κ3) is 3.43. The van der Waals surface area contributed by atoms with Gasteiger partial charge in [-0.2, -0.15) is 0 Å². The summed E-state index contributed by atoms with van der Waals surface area (Å²) in [6.07, 6.45) is 1.65. The maximum atomic E-state index is 12.3. The molecule has 0 saturated carbocycles. The van der Waals surface area contributed by atoms with Crippen molar-refractivity contribution < 1.29 is 24.2 Å². The number of rotatable bonds is 4. The van der Waals surface area contributed by atoms with E-state index in [0.29, 0.717) is 17.1 Å². The van der Waals surface area contributed by atoms with Crippen LogP contribution in [-0.4, -0.2) is 18.4 Å². The standard InChI is InChI=1S/C17H11BrO5/c18-11-3-1-2-10(6-11)7-15-17(21)13-5-4-12(8-14(13)23-15)22-9-16(19)20/h1-8H,9H2,(H,19,20)/p-1/b15-7-. The number of benzene rings is 2. The van der Waals surface area contributed by atoms with Crippen LogP contribution in [0.25, 0.3) is 6.08 Å². The Bertz CT molecular complexity index is 825. The number of hydrogen-bond donors (Lipinski definition) is 0. The van der Waals surface area contributed by atoms with E-state index in [-0.39, 0.29) is 11.5 Å². The van der Waals surface area contributed by atoms with E-state index in [1.165, 1.54) is 12.1 Å². The van der Waals surface area contributed by atoms with E-state index in [1.54, 1.807) is 12.1 Å². The molecule has 0 bridgehead atoms. The summed E-state index contributed by atoms with van der Waals surface area (Å²) in [5, 5.41) is 10.4. The SMILES string of the molecule is O=C([O-])COc1ccc2c(c1)O/C(=C\c1cccc(Br)c1)C2=O. The van der Waals surface area contributed by atoms with Crippen LogP contribution in [-0.2, 0) is 4.79 Å². The third-order valence-corrected chi connectivity index (χ3v) is 3.64. The highest BCUT2D eigenvalue weighted by Crippen LogP contribution is 2.35. The second-order valence-corrected chi connectivity index (χ2v) is 5.73. The molecule has 5 nitrogen and oxygen atoms in total. The van der Waals surface area contributed by atoms with Crippen LogP contribution in [0.5, 0.6) is 11.5 Å². The van der Waals surface area contributed by atoms with E-state index in [2.05, 4.69) is 15.9 Å². The minimum atomic E-state index is -1.32. The predicted octanol–water partition coefficient (Wildman–Crippen LogP) is 2.19. The number of halogens is 1. The molecule has 0 atom stereocenters. The summed E-state index contributed by atoms with van der Waals surface area (Å²) in [7, 11) is 0. The number of carboxylic acids is 1. The van der Waals surface area contributed by atoms with Gasteiger partial charge in [-0.05, 0) is 35.9 Å². The lowest BCUT2D eigenvalue weighted by atomic mass is 10.1. The predicted molar refractivity (Wildman–Crippen MR) is 84.0 cm³/mol. The molecule has 116 valence electrons. The third-order valence-electron chi connectivity index (χ3n) is 3.14. The molecule has 1 aliphatic rings. The zero-order chi connectivity index (χ0) is 16.4. The summed E-state index contributed by atoms with van der Waals surface area (Å²) >= 11 is 3.37. The maximum Gasteiger partial charge on any atom is 0.231 e. The van der Waals surface area contributed by atoms with Gasteiger partial charge in [-0.15, -0.1) is 0 Å². The van der Waals surface area contributed by atoms with Crippen molar-refractivity contribution in [3.8, 4) is 11.5 Å². The van der Waals surface area contributed by atoms with Gasteiger partial charge in [0.15, 0.2) is 5.76 Å². The van der Waals surface area contributed by atoms with Gasteiger partial charge in [0, 0.05) is 10.5 Å². The fraction of sp³-hybridized carbons (Fsp3) is 0.0588. The van der Waals surface area contributed by atoms with E-state index in [9.17, 15) is 14.7 Å². The molecule has 2 aromatic carbocycles. The number of allylic oxidation sites excluding steroid dienone is 1. The second-order valence-electron chi connectivity index (χ2n) is 4.81. The Morgan fingerprint density at radius 2 is 2.09 bits per heavy atom. The molecule has 6 heteroatoms. The summed E-state index contributed by atoms with van der Waals surface area (Å²) < 4.78 is 11.5. The fourth-order valence-corrected chi connectivity index (χ4v) is 2.56. The zero-order valence-electron chi connectivity index (χ0n) is 11.7. The number of aliphatic carboxylic acids is 1. The molecule has 0 amide bonds. The molecule has 0 aromatic heterocycles. The summed E-state index contributed by atoms with van der Waals surface area (Å²) in [4.78, 5) is 22.7. The zero-order valence-corrected chi connectivity index (χ0v) is 13.3. The molecular weight excluding hydrogens is 364 g/mol. The first-order chi connectivity index (χ1) is 11.0. The Morgan fingerprint density at radius 3 is 2.83 bits per heavy atom. The number of carbonyl (C=O) groups excluding carboxylic acids is 2. The number of hydrogen-bond acceptors (Lipinski definition) is 5. The molecule has 0 spiro atoms. The van der Waals surface area contributed by atoms with Gasteiger partial charge < -0.3 is 19.4 Å². The van der Waals surface area contributed by atoms with Crippen molar-refractivity contribution in [3.63, 3.8) is 0 Å². The molecule has 0 saturated heterocycles. The average Bonchev–Trinajstić information content (AvgIpc) is 2.81. The van der Waals surface area contributed by atoms with Gasteiger partial charge in [-0.3, -0.25) is 4.79 Å². The molecule has 3 rings (SSSR count). The van der Waals surface area contributed by atoms with Gasteiger partial charge in [0.05, 0.1) is 11.5 Å². The van der Waals surface area contributed by atoms with Crippen LogP contribution < -0.4 is 14.6 Å². The van der Waals surface area contributed by atoms with E-state index in [4.69, 9.17) is 9.47 Å². The molecule has 0 unspecified atom stereocenters. The highest BCUT2D eigenvalue weighted by Gasteiger charge is 2.27. The van der Waals surface area contributed by atoms with Crippen LogP contribution >= 0.6 is 15.9 Å². The first kappa shape index (κ1) is 15.3. The van der Waals surface area contributed by atoms with Crippen molar-refractivity contribution in [2.45, 2.75) is 0 Å². The smallest absolute Gasteiger partial charge is 0.231 e. The molecule has 0 radical (unpaired) electrons.